The van der Waals surface area contributed by atoms with Crippen LogP contribution in [0.4, 0.5) is 16.0 Å². The minimum absolute atomic E-state index is 0.00512. The van der Waals surface area contributed by atoms with Gasteiger partial charge in [-0.15, -0.1) is 0 Å². The molecule has 0 aromatic carbocycles. The third-order valence-corrected chi connectivity index (χ3v) is 5.90. The number of hydrogen-bond donors (Lipinski definition) is 1. The molecule has 8 nitrogen and oxygen atoms in total. The first kappa shape index (κ1) is 18.8. The summed E-state index contributed by atoms with van der Waals surface area (Å²) in [6.45, 7) is 5.86. The van der Waals surface area contributed by atoms with E-state index in [0.29, 0.717) is 60.2 Å². The van der Waals surface area contributed by atoms with E-state index in [9.17, 15) is 9.18 Å². The average molecular weight is 410 g/mol. The lowest BCUT2D eigenvalue weighted by atomic mass is 10.1. The Hall–Kier alpha value is -3.23. The SMILES string of the molecule is Cc1oc2ncnc(NC3(C)CC3)c2c1C(=O)N1CCN(c2ncccc2F)CC1. The van der Waals surface area contributed by atoms with Crippen LogP contribution in [0.5, 0.6) is 0 Å². The number of piperazine rings is 1. The van der Waals surface area contributed by atoms with Crippen molar-refractivity contribution >= 4 is 28.6 Å². The van der Waals surface area contributed by atoms with E-state index in [1.165, 1.54) is 12.4 Å². The van der Waals surface area contributed by atoms with Crippen molar-refractivity contribution < 1.29 is 13.6 Å². The second-order valence-electron chi connectivity index (χ2n) is 8.21. The van der Waals surface area contributed by atoms with Gasteiger partial charge in [-0.2, -0.15) is 0 Å². The smallest absolute Gasteiger partial charge is 0.258 e. The summed E-state index contributed by atoms with van der Waals surface area (Å²) in [5, 5.41) is 4.07. The fourth-order valence-electron chi connectivity index (χ4n) is 3.88. The second kappa shape index (κ2) is 6.93. The molecule has 1 saturated carbocycles. The van der Waals surface area contributed by atoms with Crippen LogP contribution < -0.4 is 10.2 Å². The molecular formula is C21H23FN6O2. The van der Waals surface area contributed by atoms with Crippen LogP contribution in [0.1, 0.15) is 35.9 Å². The van der Waals surface area contributed by atoms with E-state index in [1.807, 2.05) is 4.90 Å². The van der Waals surface area contributed by atoms with Crippen LogP contribution in [0.3, 0.4) is 0 Å². The molecule has 156 valence electrons. The van der Waals surface area contributed by atoms with Crippen molar-refractivity contribution in [3.05, 3.63) is 41.8 Å². The topological polar surface area (TPSA) is 87.4 Å². The number of aromatic nitrogens is 3. The monoisotopic (exact) mass is 410 g/mol. The molecule has 30 heavy (non-hydrogen) atoms. The molecule has 5 rings (SSSR count). The van der Waals surface area contributed by atoms with Gasteiger partial charge in [-0.3, -0.25) is 4.79 Å². The number of carbonyl (C=O) groups excluding carboxylic acids is 1. The number of rotatable bonds is 4. The zero-order valence-corrected chi connectivity index (χ0v) is 17.0. The van der Waals surface area contributed by atoms with E-state index in [4.69, 9.17) is 4.42 Å². The van der Waals surface area contributed by atoms with Crippen molar-refractivity contribution in [1.82, 2.24) is 19.9 Å². The number of nitrogens with zero attached hydrogens (tertiary/aromatic N) is 5. The van der Waals surface area contributed by atoms with Crippen LogP contribution in [0.15, 0.2) is 29.1 Å². The Kier molecular flexibility index (Phi) is 4.34. The van der Waals surface area contributed by atoms with E-state index < -0.39 is 0 Å². The highest BCUT2D eigenvalue weighted by Crippen LogP contribution is 2.40. The highest BCUT2D eigenvalue weighted by atomic mass is 19.1. The summed E-state index contributed by atoms with van der Waals surface area (Å²) in [5.74, 6) is 1.01. The fraction of sp³-hybridized carbons (Fsp3) is 0.429. The Balaban J connectivity index is 1.40. The number of anilines is 2. The molecule has 2 aliphatic rings. The molecule has 1 amide bonds. The zero-order chi connectivity index (χ0) is 20.9. The summed E-state index contributed by atoms with van der Waals surface area (Å²) >= 11 is 0. The number of nitrogens with one attached hydrogen (secondary N) is 1. The molecule has 0 spiro atoms. The first-order chi connectivity index (χ1) is 14.5. The molecule has 0 atom stereocenters. The van der Waals surface area contributed by atoms with Crippen LogP contribution >= 0.6 is 0 Å². The predicted octanol–water partition coefficient (Wildman–Crippen LogP) is 2.99. The quantitative estimate of drug-likeness (QED) is 0.707. The van der Waals surface area contributed by atoms with E-state index in [1.54, 1.807) is 24.1 Å². The Morgan fingerprint density at radius 2 is 1.97 bits per heavy atom. The van der Waals surface area contributed by atoms with Gasteiger partial charge in [0.15, 0.2) is 11.6 Å². The van der Waals surface area contributed by atoms with E-state index >= 15 is 0 Å². The van der Waals surface area contributed by atoms with Gasteiger partial charge < -0.3 is 19.5 Å². The Morgan fingerprint density at radius 3 is 2.67 bits per heavy atom. The van der Waals surface area contributed by atoms with Crippen LogP contribution in [-0.2, 0) is 0 Å². The molecule has 1 aliphatic heterocycles. The number of pyridine rings is 1. The summed E-state index contributed by atoms with van der Waals surface area (Å²) in [6.07, 6.45) is 5.15. The second-order valence-corrected chi connectivity index (χ2v) is 8.21. The van der Waals surface area contributed by atoms with Gasteiger partial charge in [0, 0.05) is 37.9 Å². The van der Waals surface area contributed by atoms with E-state index in [2.05, 4.69) is 27.2 Å². The highest BCUT2D eigenvalue weighted by Gasteiger charge is 2.39. The fourth-order valence-corrected chi connectivity index (χ4v) is 3.88. The molecule has 3 aromatic rings. The number of carbonyl (C=O) groups is 1. The van der Waals surface area contributed by atoms with Crippen molar-refractivity contribution in [1.29, 1.82) is 0 Å². The van der Waals surface area contributed by atoms with E-state index in [0.717, 1.165) is 12.8 Å². The Morgan fingerprint density at radius 1 is 1.20 bits per heavy atom. The number of amides is 1. The van der Waals surface area contributed by atoms with Crippen LogP contribution in [0.2, 0.25) is 0 Å². The van der Waals surface area contributed by atoms with Gasteiger partial charge in [-0.05, 0) is 38.8 Å². The summed E-state index contributed by atoms with van der Waals surface area (Å²) in [5.41, 5.74) is 0.909. The molecule has 1 saturated heterocycles. The van der Waals surface area contributed by atoms with Crippen molar-refractivity contribution in [2.45, 2.75) is 32.2 Å². The minimum atomic E-state index is -0.351. The van der Waals surface area contributed by atoms with Crippen LogP contribution in [0, 0.1) is 12.7 Å². The normalized spacial score (nSPS) is 18.0. The molecule has 0 radical (unpaired) electrons. The molecular weight excluding hydrogens is 387 g/mol. The maximum atomic E-state index is 14.0. The summed E-state index contributed by atoms with van der Waals surface area (Å²) in [6, 6.07) is 2.97. The predicted molar refractivity (Wildman–Crippen MR) is 110 cm³/mol. The van der Waals surface area contributed by atoms with Gasteiger partial charge in [-0.25, -0.2) is 19.3 Å². The van der Waals surface area contributed by atoms with Gasteiger partial charge in [0.2, 0.25) is 5.71 Å². The van der Waals surface area contributed by atoms with Crippen molar-refractivity contribution in [2.75, 3.05) is 36.4 Å². The van der Waals surface area contributed by atoms with E-state index in [-0.39, 0.29) is 17.3 Å². The first-order valence-electron chi connectivity index (χ1n) is 10.1. The van der Waals surface area contributed by atoms with Gasteiger partial charge in [0.25, 0.3) is 5.91 Å². The van der Waals surface area contributed by atoms with Crippen LogP contribution in [0.25, 0.3) is 11.1 Å². The highest BCUT2D eigenvalue weighted by molar-refractivity contribution is 6.10. The Bertz CT molecular complexity index is 1120. The van der Waals surface area contributed by atoms with Gasteiger partial charge in [-0.1, -0.05) is 0 Å². The standard InChI is InChI=1S/C21H23FN6O2/c1-13-15(16-17(26-21(2)5-6-21)24-12-25-19(16)30-13)20(29)28-10-8-27(9-11-28)18-14(22)4-3-7-23-18/h3-4,7,12H,5-6,8-11H2,1-2H3,(H,24,25,26). The molecule has 1 N–H and O–H groups in total. The Labute approximate surface area is 173 Å². The summed E-state index contributed by atoms with van der Waals surface area (Å²) < 4.78 is 19.8. The minimum Gasteiger partial charge on any atom is -0.442 e. The third kappa shape index (κ3) is 3.24. The lowest BCUT2D eigenvalue weighted by Crippen LogP contribution is -2.49. The van der Waals surface area contributed by atoms with Crippen molar-refractivity contribution in [3.63, 3.8) is 0 Å². The molecule has 3 aromatic heterocycles. The third-order valence-electron chi connectivity index (χ3n) is 5.90. The number of halogens is 1. The molecule has 9 heteroatoms. The molecule has 0 bridgehead atoms. The van der Waals surface area contributed by atoms with Crippen molar-refractivity contribution in [2.24, 2.45) is 0 Å². The maximum absolute atomic E-state index is 14.0. The molecule has 0 unspecified atom stereocenters. The van der Waals surface area contributed by atoms with Crippen LogP contribution in [-0.4, -0.2) is 57.5 Å². The summed E-state index contributed by atoms with van der Waals surface area (Å²) in [7, 11) is 0. The molecule has 1 aliphatic carbocycles. The maximum Gasteiger partial charge on any atom is 0.258 e. The largest absolute Gasteiger partial charge is 0.442 e. The van der Waals surface area contributed by atoms with Gasteiger partial charge in [0.1, 0.15) is 17.9 Å². The number of hydrogen-bond acceptors (Lipinski definition) is 7. The molecule has 2 fully saturated rings. The van der Waals surface area contributed by atoms with Gasteiger partial charge in [0.05, 0.1) is 10.9 Å². The lowest BCUT2D eigenvalue weighted by molar-refractivity contribution is 0.0746. The first-order valence-corrected chi connectivity index (χ1v) is 10.1. The number of fused-ring (bicyclic) bond motifs is 1. The summed E-state index contributed by atoms with van der Waals surface area (Å²) in [4.78, 5) is 29.8. The zero-order valence-electron chi connectivity index (χ0n) is 17.0. The number of furan rings is 1. The lowest BCUT2D eigenvalue weighted by Gasteiger charge is -2.35. The van der Waals surface area contributed by atoms with Gasteiger partial charge >= 0.3 is 0 Å². The molecule has 4 heterocycles. The number of aryl methyl sites for hydroxylation is 1. The average Bonchev–Trinajstić information content (AvgIpc) is 3.36. The van der Waals surface area contributed by atoms with Crippen molar-refractivity contribution in [3.8, 4) is 0 Å².